The fourth-order valence-corrected chi connectivity index (χ4v) is 3.50. The molecule has 112 valence electrons. The van der Waals surface area contributed by atoms with Gasteiger partial charge in [-0.2, -0.15) is 0 Å². The predicted octanol–water partition coefficient (Wildman–Crippen LogP) is 4.35. The van der Waals surface area contributed by atoms with Crippen LogP contribution in [0.2, 0.25) is 0 Å². The Morgan fingerprint density at radius 1 is 1.35 bits per heavy atom. The van der Waals surface area contributed by atoms with Crippen LogP contribution in [0.15, 0.2) is 28.7 Å². The molecule has 1 aliphatic rings. The molecule has 1 saturated heterocycles. The molecular weight excluding hydrogens is 312 g/mol. The van der Waals surface area contributed by atoms with Gasteiger partial charge in [-0.3, -0.25) is 0 Å². The Morgan fingerprint density at radius 2 is 2.20 bits per heavy atom. The minimum atomic E-state index is 0.151. The van der Waals surface area contributed by atoms with E-state index in [2.05, 4.69) is 52.0 Å². The van der Waals surface area contributed by atoms with Crippen molar-refractivity contribution in [3.63, 3.8) is 0 Å². The van der Waals surface area contributed by atoms with Gasteiger partial charge in [0.15, 0.2) is 0 Å². The van der Waals surface area contributed by atoms with Crippen LogP contribution in [0.1, 0.15) is 50.6 Å². The minimum Gasteiger partial charge on any atom is -0.324 e. The van der Waals surface area contributed by atoms with E-state index in [4.69, 9.17) is 5.73 Å². The van der Waals surface area contributed by atoms with Gasteiger partial charge in [-0.15, -0.1) is 0 Å². The third-order valence-electron chi connectivity index (χ3n) is 4.55. The van der Waals surface area contributed by atoms with Crippen LogP contribution in [0, 0.1) is 5.92 Å². The van der Waals surface area contributed by atoms with E-state index in [-0.39, 0.29) is 6.04 Å². The number of benzene rings is 1. The molecule has 1 heterocycles. The number of hydrogen-bond acceptors (Lipinski definition) is 2. The van der Waals surface area contributed by atoms with Gasteiger partial charge in [0.05, 0.1) is 0 Å². The van der Waals surface area contributed by atoms with Gasteiger partial charge in [0.2, 0.25) is 0 Å². The van der Waals surface area contributed by atoms with Gasteiger partial charge in [-0.1, -0.05) is 41.4 Å². The Bertz CT molecular complexity index is 408. The van der Waals surface area contributed by atoms with E-state index in [0.717, 1.165) is 23.4 Å². The van der Waals surface area contributed by atoms with Gasteiger partial charge in [-0.05, 0) is 68.9 Å². The third-order valence-corrected chi connectivity index (χ3v) is 5.04. The van der Waals surface area contributed by atoms with E-state index < -0.39 is 0 Å². The summed E-state index contributed by atoms with van der Waals surface area (Å²) in [5.74, 6) is 0.943. The molecule has 2 nitrogen and oxygen atoms in total. The van der Waals surface area contributed by atoms with Crippen LogP contribution in [-0.2, 0) is 0 Å². The van der Waals surface area contributed by atoms with Crippen molar-refractivity contribution in [1.29, 1.82) is 0 Å². The average Bonchev–Trinajstić information content (AvgIpc) is 2.69. The summed E-state index contributed by atoms with van der Waals surface area (Å²) in [6.45, 7) is 5.96. The van der Waals surface area contributed by atoms with Gasteiger partial charge in [-0.25, -0.2) is 0 Å². The second-order valence-electron chi connectivity index (χ2n) is 6.00. The van der Waals surface area contributed by atoms with Crippen molar-refractivity contribution in [3.8, 4) is 0 Å². The van der Waals surface area contributed by atoms with E-state index in [1.807, 2.05) is 0 Å². The third kappa shape index (κ3) is 4.87. The molecule has 0 aliphatic carbocycles. The van der Waals surface area contributed by atoms with E-state index in [9.17, 15) is 0 Å². The first-order chi connectivity index (χ1) is 9.69. The zero-order chi connectivity index (χ0) is 14.4. The summed E-state index contributed by atoms with van der Waals surface area (Å²) in [4.78, 5) is 2.60. The molecule has 2 N–H and O–H groups in total. The fourth-order valence-electron chi connectivity index (χ4n) is 3.08. The first kappa shape index (κ1) is 16.0. The molecule has 0 aromatic heterocycles. The lowest BCUT2D eigenvalue weighted by Gasteiger charge is -2.22. The lowest BCUT2D eigenvalue weighted by atomic mass is 9.98. The van der Waals surface area contributed by atoms with Crippen molar-refractivity contribution in [2.24, 2.45) is 11.7 Å². The van der Waals surface area contributed by atoms with Crippen LogP contribution in [0.4, 0.5) is 0 Å². The van der Waals surface area contributed by atoms with Crippen LogP contribution >= 0.6 is 15.9 Å². The van der Waals surface area contributed by atoms with Crippen LogP contribution in [0.25, 0.3) is 0 Å². The van der Waals surface area contributed by atoms with Gasteiger partial charge in [0.25, 0.3) is 0 Å². The molecule has 20 heavy (non-hydrogen) atoms. The average molecular weight is 339 g/mol. The molecule has 0 spiro atoms. The molecule has 3 heteroatoms. The molecular formula is C17H27BrN2. The quantitative estimate of drug-likeness (QED) is 0.864. The smallest absolute Gasteiger partial charge is 0.0307 e. The summed E-state index contributed by atoms with van der Waals surface area (Å²) in [5, 5.41) is 0. The Morgan fingerprint density at radius 3 is 2.95 bits per heavy atom. The van der Waals surface area contributed by atoms with Crippen molar-refractivity contribution in [1.82, 2.24) is 4.90 Å². The van der Waals surface area contributed by atoms with E-state index >= 15 is 0 Å². The summed E-state index contributed by atoms with van der Waals surface area (Å²) < 4.78 is 1.12. The van der Waals surface area contributed by atoms with E-state index in [0.29, 0.717) is 0 Å². The Balaban J connectivity index is 1.79. The Kier molecular flexibility index (Phi) is 6.53. The van der Waals surface area contributed by atoms with Crippen molar-refractivity contribution in [2.75, 3.05) is 19.6 Å². The van der Waals surface area contributed by atoms with Crippen molar-refractivity contribution < 1.29 is 0 Å². The van der Waals surface area contributed by atoms with Gasteiger partial charge >= 0.3 is 0 Å². The van der Waals surface area contributed by atoms with Crippen molar-refractivity contribution in [3.05, 3.63) is 34.3 Å². The number of nitrogens with two attached hydrogens (primary N) is 1. The fraction of sp³-hybridized carbons (Fsp3) is 0.647. The summed E-state index contributed by atoms with van der Waals surface area (Å²) in [7, 11) is 0. The van der Waals surface area contributed by atoms with Gasteiger partial charge in [0, 0.05) is 10.5 Å². The zero-order valence-electron chi connectivity index (χ0n) is 12.5. The van der Waals surface area contributed by atoms with Crippen molar-refractivity contribution >= 4 is 15.9 Å². The second-order valence-corrected chi connectivity index (χ2v) is 6.91. The van der Waals surface area contributed by atoms with Gasteiger partial charge < -0.3 is 10.6 Å². The lowest BCUT2D eigenvalue weighted by Crippen LogP contribution is -2.28. The monoisotopic (exact) mass is 338 g/mol. The minimum absolute atomic E-state index is 0.151. The molecule has 1 fully saturated rings. The molecule has 1 aromatic rings. The standard InChI is InChI=1S/C17H27BrN2/c1-2-14-5-4-10-20(11-8-14)12-9-17(19)15-6-3-7-16(18)13-15/h3,6-7,13-14,17H,2,4-5,8-12,19H2,1H3. The largest absolute Gasteiger partial charge is 0.324 e. The topological polar surface area (TPSA) is 29.3 Å². The number of hydrogen-bond donors (Lipinski definition) is 1. The highest BCUT2D eigenvalue weighted by molar-refractivity contribution is 9.10. The Hall–Kier alpha value is -0.380. The molecule has 2 rings (SSSR count). The normalized spacial score (nSPS) is 22.4. The Labute approximate surface area is 131 Å². The van der Waals surface area contributed by atoms with Crippen LogP contribution in [-0.4, -0.2) is 24.5 Å². The molecule has 0 radical (unpaired) electrons. The van der Waals surface area contributed by atoms with Crippen LogP contribution in [0.5, 0.6) is 0 Å². The summed E-state index contributed by atoms with van der Waals surface area (Å²) in [5.41, 5.74) is 7.56. The second kappa shape index (κ2) is 8.16. The number of halogens is 1. The predicted molar refractivity (Wildman–Crippen MR) is 89.8 cm³/mol. The summed E-state index contributed by atoms with van der Waals surface area (Å²) in [6.07, 6.45) is 6.51. The van der Waals surface area contributed by atoms with Crippen LogP contribution in [0.3, 0.4) is 0 Å². The number of rotatable bonds is 5. The maximum Gasteiger partial charge on any atom is 0.0307 e. The summed E-state index contributed by atoms with van der Waals surface area (Å²) in [6, 6.07) is 8.54. The first-order valence-corrected chi connectivity index (χ1v) is 8.71. The molecule has 0 bridgehead atoms. The van der Waals surface area contributed by atoms with E-state index in [1.54, 1.807) is 0 Å². The highest BCUT2D eigenvalue weighted by Gasteiger charge is 2.16. The lowest BCUT2D eigenvalue weighted by molar-refractivity contribution is 0.269. The SMILES string of the molecule is CCC1CCCN(CCC(N)c2cccc(Br)c2)CC1. The number of likely N-dealkylation sites (tertiary alicyclic amines) is 1. The molecule has 1 aromatic carbocycles. The summed E-state index contributed by atoms with van der Waals surface area (Å²) >= 11 is 3.52. The molecule has 0 amide bonds. The van der Waals surface area contributed by atoms with Gasteiger partial charge in [0.1, 0.15) is 0 Å². The maximum absolute atomic E-state index is 6.33. The maximum atomic E-state index is 6.33. The molecule has 1 aliphatic heterocycles. The molecule has 0 saturated carbocycles. The van der Waals surface area contributed by atoms with E-state index in [1.165, 1.54) is 44.3 Å². The van der Waals surface area contributed by atoms with Crippen LogP contribution < -0.4 is 5.73 Å². The molecule has 2 atom stereocenters. The first-order valence-electron chi connectivity index (χ1n) is 7.92. The molecule has 2 unspecified atom stereocenters. The highest BCUT2D eigenvalue weighted by atomic mass is 79.9. The number of nitrogens with zero attached hydrogens (tertiary/aromatic N) is 1. The van der Waals surface area contributed by atoms with Crippen molar-refractivity contribution in [2.45, 2.75) is 45.1 Å². The zero-order valence-corrected chi connectivity index (χ0v) is 14.1. The highest BCUT2D eigenvalue weighted by Crippen LogP contribution is 2.22.